The number of unbranched alkanes of at least 4 members (excludes halogenated alkanes) is 54. The van der Waals surface area contributed by atoms with E-state index in [1.807, 2.05) is 21.1 Å². The lowest BCUT2D eigenvalue weighted by Gasteiger charge is -2.26. The van der Waals surface area contributed by atoms with Crippen molar-refractivity contribution in [2.24, 2.45) is 0 Å². The fraction of sp³-hybridized carbons (Fsp3) is 0.869. The number of carbonyl (C=O) groups excluding carboxylic acids is 3. The third-order valence-corrected chi connectivity index (χ3v) is 18.5. The van der Waals surface area contributed by atoms with Gasteiger partial charge in [-0.05, 0) is 77.0 Å². The highest BCUT2D eigenvalue weighted by Crippen LogP contribution is 2.20. The molecule has 0 aliphatic rings. The van der Waals surface area contributed by atoms with Gasteiger partial charge < -0.3 is 33.3 Å². The number of ether oxygens (including phenoxy) is 4. The van der Waals surface area contributed by atoms with Crippen molar-refractivity contribution >= 4 is 17.9 Å². The van der Waals surface area contributed by atoms with Crippen LogP contribution in [0.15, 0.2) is 48.6 Å². The van der Waals surface area contributed by atoms with Gasteiger partial charge in [-0.2, -0.15) is 0 Å². The largest absolute Gasteiger partial charge is 0.545 e. The number of hydrogen-bond acceptors (Lipinski definition) is 8. The molecule has 546 valence electrons. The topological polar surface area (TPSA) is 111 Å². The number of carboxylic acid groups (broad SMARTS) is 1. The first kappa shape index (κ1) is 90.2. The Balaban J connectivity index is 3.95. The number of carboxylic acids is 1. The average molecular weight is 1310 g/mol. The minimum atomic E-state index is -1.62. The first-order valence-corrected chi connectivity index (χ1v) is 40.8. The summed E-state index contributed by atoms with van der Waals surface area (Å²) in [5.74, 6) is -2.26. The van der Waals surface area contributed by atoms with E-state index in [0.29, 0.717) is 23.9 Å². The first-order valence-electron chi connectivity index (χ1n) is 40.8. The zero-order valence-electron chi connectivity index (χ0n) is 62.7. The standard InChI is InChI=1S/C84H157NO8/c1-6-8-10-12-14-16-18-20-22-24-26-28-30-32-34-36-37-38-39-40-41-42-43-44-45-47-48-50-52-54-56-58-60-62-64-66-68-70-72-74-81(86)91-78-80(79-92-84(83(88)89)90-77-76-85(3,4)5)93-82(87)75-73-71-69-67-65-63-61-59-57-55-53-51-49-46-35-33-31-29-27-25-23-21-19-17-15-13-11-9-7-2/h19,21,24-27,31,33,80,84H,6-18,20,22-23,28-30,32,34-79H2,1-5H3/b21-19-,26-24-,27-25-,33-31-. The van der Waals surface area contributed by atoms with Crippen LogP contribution in [0, 0.1) is 0 Å². The van der Waals surface area contributed by atoms with Crippen molar-refractivity contribution < 1.29 is 42.9 Å². The summed E-state index contributed by atoms with van der Waals surface area (Å²) < 4.78 is 22.9. The number of rotatable bonds is 77. The Hall–Kier alpha value is -2.75. The lowest BCUT2D eigenvalue weighted by molar-refractivity contribution is -0.870. The molecule has 2 unspecified atom stereocenters. The molecule has 0 aliphatic heterocycles. The summed E-state index contributed by atoms with van der Waals surface area (Å²) in [5.41, 5.74) is 0. The predicted molar refractivity (Wildman–Crippen MR) is 399 cm³/mol. The smallest absolute Gasteiger partial charge is 0.306 e. The van der Waals surface area contributed by atoms with Crippen molar-refractivity contribution in [3.8, 4) is 0 Å². The van der Waals surface area contributed by atoms with E-state index in [1.54, 1.807) is 0 Å². The fourth-order valence-electron chi connectivity index (χ4n) is 12.3. The van der Waals surface area contributed by atoms with Gasteiger partial charge in [0.15, 0.2) is 12.4 Å². The summed E-state index contributed by atoms with van der Waals surface area (Å²) in [6.07, 6.45) is 95.3. The molecule has 0 heterocycles. The monoisotopic (exact) mass is 1310 g/mol. The van der Waals surface area contributed by atoms with Gasteiger partial charge in [-0.25, -0.2) is 0 Å². The van der Waals surface area contributed by atoms with Gasteiger partial charge in [-0.1, -0.05) is 371 Å². The van der Waals surface area contributed by atoms with Crippen LogP contribution in [0.1, 0.15) is 412 Å². The number of nitrogens with zero attached hydrogens (tertiary/aromatic N) is 1. The maximum atomic E-state index is 13.0. The first-order chi connectivity index (χ1) is 45.6. The van der Waals surface area contributed by atoms with Crippen LogP contribution >= 0.6 is 0 Å². The van der Waals surface area contributed by atoms with Crippen LogP contribution < -0.4 is 5.11 Å². The highest BCUT2D eigenvalue weighted by molar-refractivity contribution is 5.70. The quantitative estimate of drug-likeness (QED) is 0.0195. The molecule has 0 N–H and O–H groups in total. The average Bonchev–Trinajstić information content (AvgIpc) is 3.74. The van der Waals surface area contributed by atoms with Crippen molar-refractivity contribution in [2.75, 3.05) is 47.5 Å². The van der Waals surface area contributed by atoms with E-state index in [1.165, 1.54) is 334 Å². The van der Waals surface area contributed by atoms with Crippen LogP contribution in [0.5, 0.6) is 0 Å². The molecule has 0 saturated heterocycles. The molecule has 0 amide bonds. The number of quaternary nitrogens is 1. The minimum absolute atomic E-state index is 0.149. The van der Waals surface area contributed by atoms with Crippen molar-refractivity contribution in [1.29, 1.82) is 0 Å². The molecule has 0 aromatic heterocycles. The molecule has 9 heteroatoms. The summed E-state index contributed by atoms with van der Waals surface area (Å²) in [4.78, 5) is 37.6. The number of carbonyl (C=O) groups is 3. The molecule has 2 atom stereocenters. The Labute approximate surface area is 578 Å². The summed E-state index contributed by atoms with van der Waals surface area (Å²) >= 11 is 0. The van der Waals surface area contributed by atoms with E-state index in [2.05, 4.69) is 62.5 Å². The van der Waals surface area contributed by atoms with Gasteiger partial charge in [-0.3, -0.25) is 9.59 Å². The molecular formula is C84H157NO8. The van der Waals surface area contributed by atoms with Crippen LogP contribution in [0.3, 0.4) is 0 Å². The number of esters is 2. The van der Waals surface area contributed by atoms with E-state index in [9.17, 15) is 19.5 Å². The second-order valence-corrected chi connectivity index (χ2v) is 29.1. The van der Waals surface area contributed by atoms with Gasteiger partial charge in [0.05, 0.1) is 40.3 Å². The van der Waals surface area contributed by atoms with E-state index < -0.39 is 24.3 Å². The highest BCUT2D eigenvalue weighted by atomic mass is 16.7. The van der Waals surface area contributed by atoms with Crippen LogP contribution in [-0.2, 0) is 33.3 Å². The van der Waals surface area contributed by atoms with Crippen LogP contribution in [-0.4, -0.2) is 82.3 Å². The SMILES string of the molecule is CCCCCCC/C=C\C/C=C\C/C=C\CCCCCCCCCCCCCCCCC(=O)OC(COC(=O)CCCCCCCCCCCCCCCCCCCCCCCCCCCCC/C=C\CCCCCCCCCC)COC(OCC[N+](C)(C)C)C(=O)[O-]. The van der Waals surface area contributed by atoms with Gasteiger partial charge >= 0.3 is 11.9 Å². The predicted octanol–water partition coefficient (Wildman–Crippen LogP) is 24.7. The Bertz CT molecular complexity index is 1670. The molecule has 0 aromatic carbocycles. The molecule has 0 fully saturated rings. The van der Waals surface area contributed by atoms with Crippen LogP contribution in [0.2, 0.25) is 0 Å². The van der Waals surface area contributed by atoms with E-state index in [0.717, 1.165) is 44.9 Å². The Morgan fingerprint density at radius 1 is 0.323 bits per heavy atom. The maximum Gasteiger partial charge on any atom is 0.306 e. The summed E-state index contributed by atoms with van der Waals surface area (Å²) in [6.45, 7) is 4.80. The molecule has 0 bridgehead atoms. The third-order valence-electron chi connectivity index (χ3n) is 18.5. The summed E-state index contributed by atoms with van der Waals surface area (Å²) in [5, 5.41) is 11.9. The zero-order chi connectivity index (χ0) is 67.5. The third kappa shape index (κ3) is 76.5. The maximum absolute atomic E-state index is 13.0. The summed E-state index contributed by atoms with van der Waals surface area (Å²) in [6, 6.07) is 0. The Morgan fingerprint density at radius 3 is 0.871 bits per heavy atom. The molecule has 0 radical (unpaired) electrons. The van der Waals surface area contributed by atoms with Gasteiger partial charge in [0.25, 0.3) is 0 Å². The fourth-order valence-corrected chi connectivity index (χ4v) is 12.3. The van der Waals surface area contributed by atoms with E-state index in [4.69, 9.17) is 18.9 Å². The minimum Gasteiger partial charge on any atom is -0.545 e. The zero-order valence-corrected chi connectivity index (χ0v) is 62.7. The second-order valence-electron chi connectivity index (χ2n) is 29.1. The Kier molecular flexibility index (Phi) is 72.8. The normalized spacial score (nSPS) is 12.8. The molecule has 0 aromatic rings. The molecule has 0 saturated carbocycles. The number of likely N-dealkylation sites (N-methyl/N-ethyl adjacent to an activating group) is 1. The van der Waals surface area contributed by atoms with Gasteiger partial charge in [0.2, 0.25) is 0 Å². The second kappa shape index (κ2) is 75.0. The molecule has 0 aliphatic carbocycles. The number of hydrogen-bond donors (Lipinski definition) is 0. The lowest BCUT2D eigenvalue weighted by Crippen LogP contribution is -2.44. The van der Waals surface area contributed by atoms with Crippen molar-refractivity contribution in [2.45, 2.75) is 424 Å². The summed E-state index contributed by atoms with van der Waals surface area (Å²) in [7, 11) is 5.95. The number of aliphatic carboxylic acids is 1. The van der Waals surface area contributed by atoms with Gasteiger partial charge in [-0.15, -0.1) is 0 Å². The van der Waals surface area contributed by atoms with E-state index in [-0.39, 0.29) is 32.2 Å². The van der Waals surface area contributed by atoms with Crippen molar-refractivity contribution in [3.05, 3.63) is 48.6 Å². The lowest BCUT2D eigenvalue weighted by atomic mass is 10.0. The molecule has 0 rings (SSSR count). The van der Waals surface area contributed by atoms with E-state index >= 15 is 0 Å². The number of allylic oxidation sites excluding steroid dienone is 8. The van der Waals surface area contributed by atoms with Gasteiger partial charge in [0.1, 0.15) is 13.2 Å². The molecular weight excluding hydrogens is 1150 g/mol. The molecule has 0 spiro atoms. The van der Waals surface area contributed by atoms with Crippen molar-refractivity contribution in [1.82, 2.24) is 0 Å². The highest BCUT2D eigenvalue weighted by Gasteiger charge is 2.22. The van der Waals surface area contributed by atoms with Gasteiger partial charge in [0, 0.05) is 12.8 Å². The van der Waals surface area contributed by atoms with Crippen molar-refractivity contribution in [3.63, 3.8) is 0 Å². The molecule has 93 heavy (non-hydrogen) atoms. The molecule has 9 nitrogen and oxygen atoms in total. The Morgan fingerprint density at radius 2 is 0.581 bits per heavy atom. The van der Waals surface area contributed by atoms with Crippen LogP contribution in [0.25, 0.3) is 0 Å². The van der Waals surface area contributed by atoms with Crippen LogP contribution in [0.4, 0.5) is 0 Å².